The summed E-state index contributed by atoms with van der Waals surface area (Å²) in [7, 11) is 1.57. The van der Waals surface area contributed by atoms with Crippen LogP contribution in [0.1, 0.15) is 25.2 Å². The zero-order chi connectivity index (χ0) is 20.2. The fourth-order valence-electron chi connectivity index (χ4n) is 2.42. The van der Waals surface area contributed by atoms with Crippen LogP contribution in [0.5, 0.6) is 11.5 Å². The number of hydrogen-bond donors (Lipinski definition) is 3. The number of benzene rings is 1. The van der Waals surface area contributed by atoms with Crippen molar-refractivity contribution in [3.63, 3.8) is 0 Å². The van der Waals surface area contributed by atoms with Gasteiger partial charge in [0, 0.05) is 13.1 Å². The number of amides is 1. The highest BCUT2D eigenvalue weighted by Gasteiger charge is 2.08. The molecular weight excluding hydrogens is 487 g/mol. The van der Waals surface area contributed by atoms with Crippen molar-refractivity contribution in [3.05, 3.63) is 47.9 Å². The number of methoxy groups -OCH3 is 1. The Morgan fingerprint density at radius 1 is 1.10 bits per heavy atom. The molecule has 0 fully saturated rings. The Bertz CT molecular complexity index is 766. The van der Waals surface area contributed by atoms with E-state index in [0.717, 1.165) is 17.9 Å². The lowest BCUT2D eigenvalue weighted by atomic mass is 10.2. The molecule has 0 saturated heterocycles. The van der Waals surface area contributed by atoms with E-state index >= 15 is 0 Å². The topological polar surface area (TPSA) is 97.1 Å². The average Bonchev–Trinajstić information content (AvgIpc) is 3.22. The van der Waals surface area contributed by atoms with E-state index in [0.29, 0.717) is 37.1 Å². The van der Waals surface area contributed by atoms with Crippen molar-refractivity contribution in [3.8, 4) is 11.5 Å². The number of nitrogens with zero attached hydrogens (tertiary/aromatic N) is 1. The number of rotatable bonds is 10. The minimum Gasteiger partial charge on any atom is -0.493 e. The van der Waals surface area contributed by atoms with Gasteiger partial charge in [0.2, 0.25) is 0 Å². The van der Waals surface area contributed by atoms with Crippen molar-refractivity contribution in [2.45, 2.75) is 26.9 Å². The van der Waals surface area contributed by atoms with Gasteiger partial charge in [-0.25, -0.2) is 4.99 Å². The molecule has 29 heavy (non-hydrogen) atoms. The van der Waals surface area contributed by atoms with E-state index in [2.05, 4.69) is 20.9 Å². The summed E-state index contributed by atoms with van der Waals surface area (Å²) in [5, 5.41) is 9.11. The Morgan fingerprint density at radius 3 is 2.55 bits per heavy atom. The smallest absolute Gasteiger partial charge is 0.257 e. The molecule has 0 aliphatic heterocycles. The zero-order valence-corrected chi connectivity index (χ0v) is 19.3. The van der Waals surface area contributed by atoms with Gasteiger partial charge < -0.3 is 29.8 Å². The monoisotopic (exact) mass is 516 g/mol. The van der Waals surface area contributed by atoms with E-state index in [4.69, 9.17) is 13.9 Å². The number of carbonyl (C=O) groups is 1. The fourth-order valence-corrected chi connectivity index (χ4v) is 2.42. The van der Waals surface area contributed by atoms with Gasteiger partial charge in [0.15, 0.2) is 24.1 Å². The zero-order valence-electron chi connectivity index (χ0n) is 17.0. The Morgan fingerprint density at radius 2 is 1.90 bits per heavy atom. The van der Waals surface area contributed by atoms with Crippen molar-refractivity contribution < 1.29 is 18.7 Å². The number of hydrogen-bond acceptors (Lipinski definition) is 5. The molecule has 0 aliphatic rings. The lowest BCUT2D eigenvalue weighted by molar-refractivity contribution is -0.123. The summed E-state index contributed by atoms with van der Waals surface area (Å²) in [5.74, 6) is 2.43. The van der Waals surface area contributed by atoms with Crippen LogP contribution in [0.25, 0.3) is 0 Å². The Labute approximate surface area is 188 Å². The van der Waals surface area contributed by atoms with Gasteiger partial charge >= 0.3 is 0 Å². The molecule has 3 N–H and O–H groups in total. The van der Waals surface area contributed by atoms with Crippen molar-refractivity contribution in [1.82, 2.24) is 16.0 Å². The summed E-state index contributed by atoms with van der Waals surface area (Å²) in [5.41, 5.74) is 0.956. The fraction of sp³-hybridized carbons (Fsp3) is 0.400. The summed E-state index contributed by atoms with van der Waals surface area (Å²) < 4.78 is 16.2. The standard InChI is InChI=1S/C20H28N4O4.HI/c1-4-21-19(25)14-28-17-9-8-15(11-18(17)26-3)12-23-20(22-5-2)24-13-16-7-6-10-27-16;/h6-11H,4-5,12-14H2,1-3H3,(H,21,25)(H2,22,23,24);1H. The van der Waals surface area contributed by atoms with E-state index in [1.54, 1.807) is 19.4 Å². The Kier molecular flexibility index (Phi) is 11.6. The SMILES string of the molecule is CCNC(=O)COc1ccc(CN=C(NCC)NCc2ccco2)cc1OC.I. The molecule has 1 aromatic heterocycles. The number of ether oxygens (including phenoxy) is 2. The first-order valence-electron chi connectivity index (χ1n) is 9.27. The van der Waals surface area contributed by atoms with Gasteiger partial charge in [-0.2, -0.15) is 0 Å². The maximum Gasteiger partial charge on any atom is 0.257 e. The molecule has 8 nitrogen and oxygen atoms in total. The molecule has 1 heterocycles. The van der Waals surface area contributed by atoms with Crippen molar-refractivity contribution in [2.24, 2.45) is 4.99 Å². The molecule has 2 rings (SSSR count). The van der Waals surface area contributed by atoms with Gasteiger partial charge in [-0.3, -0.25) is 4.79 Å². The number of guanidine groups is 1. The van der Waals surface area contributed by atoms with Crippen LogP contribution in [0, 0.1) is 0 Å². The largest absolute Gasteiger partial charge is 0.493 e. The van der Waals surface area contributed by atoms with Gasteiger partial charge in [-0.15, -0.1) is 24.0 Å². The van der Waals surface area contributed by atoms with Gasteiger partial charge in [0.25, 0.3) is 5.91 Å². The maximum atomic E-state index is 11.6. The number of aliphatic imine (C=N–C) groups is 1. The summed E-state index contributed by atoms with van der Waals surface area (Å²) in [6.07, 6.45) is 1.64. The van der Waals surface area contributed by atoms with E-state index in [1.165, 1.54) is 0 Å². The number of likely N-dealkylation sites (N-methyl/N-ethyl adjacent to an activating group) is 1. The number of nitrogens with one attached hydrogen (secondary N) is 3. The highest BCUT2D eigenvalue weighted by atomic mass is 127. The first-order valence-corrected chi connectivity index (χ1v) is 9.27. The van der Waals surface area contributed by atoms with E-state index in [-0.39, 0.29) is 36.5 Å². The normalized spacial score (nSPS) is 10.7. The number of halogens is 1. The maximum absolute atomic E-state index is 11.6. The minimum atomic E-state index is -0.170. The third-order valence-electron chi connectivity index (χ3n) is 3.73. The van der Waals surface area contributed by atoms with Crippen LogP contribution in [0.2, 0.25) is 0 Å². The van der Waals surface area contributed by atoms with Gasteiger partial charge in [0.1, 0.15) is 5.76 Å². The second-order valence-electron chi connectivity index (χ2n) is 5.86. The molecule has 0 saturated carbocycles. The number of carbonyl (C=O) groups excluding carboxylic acids is 1. The molecule has 0 radical (unpaired) electrons. The Balaban J connectivity index is 0.00000420. The first kappa shape index (κ1) is 24.6. The minimum absolute atomic E-state index is 0. The molecular formula is C20H29IN4O4. The van der Waals surface area contributed by atoms with Crippen molar-refractivity contribution in [2.75, 3.05) is 26.8 Å². The summed E-state index contributed by atoms with van der Waals surface area (Å²) in [4.78, 5) is 16.1. The molecule has 1 aromatic carbocycles. The second-order valence-corrected chi connectivity index (χ2v) is 5.86. The van der Waals surface area contributed by atoms with Gasteiger partial charge in [0.05, 0.1) is 26.5 Å². The van der Waals surface area contributed by atoms with Crippen LogP contribution in [0.3, 0.4) is 0 Å². The third-order valence-corrected chi connectivity index (χ3v) is 3.73. The summed E-state index contributed by atoms with van der Waals surface area (Å²) in [6, 6.07) is 9.29. The van der Waals surface area contributed by atoms with Crippen LogP contribution < -0.4 is 25.4 Å². The highest BCUT2D eigenvalue weighted by Crippen LogP contribution is 2.28. The van der Waals surface area contributed by atoms with Gasteiger partial charge in [-0.1, -0.05) is 6.07 Å². The molecule has 0 atom stereocenters. The quantitative estimate of drug-likeness (QED) is 0.255. The van der Waals surface area contributed by atoms with E-state index in [9.17, 15) is 4.79 Å². The summed E-state index contributed by atoms with van der Waals surface area (Å²) >= 11 is 0. The molecule has 0 unspecified atom stereocenters. The lowest BCUT2D eigenvalue weighted by Crippen LogP contribution is -2.36. The molecule has 0 aliphatic carbocycles. The van der Waals surface area contributed by atoms with Crippen LogP contribution in [-0.2, 0) is 17.9 Å². The van der Waals surface area contributed by atoms with Crippen LogP contribution >= 0.6 is 24.0 Å². The van der Waals surface area contributed by atoms with E-state index < -0.39 is 0 Å². The number of furan rings is 1. The predicted molar refractivity (Wildman–Crippen MR) is 123 cm³/mol. The molecule has 1 amide bonds. The lowest BCUT2D eigenvalue weighted by Gasteiger charge is -2.12. The predicted octanol–water partition coefficient (Wildman–Crippen LogP) is 2.68. The first-order chi connectivity index (χ1) is 13.7. The second kappa shape index (κ2) is 13.7. The van der Waals surface area contributed by atoms with Crippen LogP contribution in [-0.4, -0.2) is 38.7 Å². The highest BCUT2D eigenvalue weighted by molar-refractivity contribution is 14.0. The summed E-state index contributed by atoms with van der Waals surface area (Å²) in [6.45, 7) is 6.14. The van der Waals surface area contributed by atoms with Crippen molar-refractivity contribution >= 4 is 35.8 Å². The molecule has 160 valence electrons. The average molecular weight is 516 g/mol. The Hall–Kier alpha value is -2.43. The molecule has 9 heteroatoms. The van der Waals surface area contributed by atoms with E-state index in [1.807, 2.05) is 38.1 Å². The molecule has 0 spiro atoms. The molecule has 0 bridgehead atoms. The third kappa shape index (κ3) is 8.63. The van der Waals surface area contributed by atoms with Crippen molar-refractivity contribution in [1.29, 1.82) is 0 Å². The molecule has 2 aromatic rings. The van der Waals surface area contributed by atoms with Crippen LogP contribution in [0.4, 0.5) is 0 Å². The van der Waals surface area contributed by atoms with Gasteiger partial charge in [-0.05, 0) is 43.7 Å². The van der Waals surface area contributed by atoms with Crippen LogP contribution in [0.15, 0.2) is 46.0 Å².